The van der Waals surface area contributed by atoms with E-state index in [4.69, 9.17) is 0 Å². The standard InChI is InChI=1S/C24H19N3O2/c28-23(19-12-6-2-7-13-19)25-17-16-21-22(18-10-4-1-5-11-18)26-27(24(21)29)20-14-8-3-9-15-20/h1-17,26H,(H,25,28)/b17-16-. The minimum atomic E-state index is -0.234. The molecule has 4 rings (SSSR count). The second-order valence-electron chi connectivity index (χ2n) is 6.42. The Morgan fingerprint density at radius 2 is 1.41 bits per heavy atom. The summed E-state index contributed by atoms with van der Waals surface area (Å²) in [5, 5.41) is 5.91. The lowest BCUT2D eigenvalue weighted by atomic mass is 10.1. The molecule has 1 amide bonds. The van der Waals surface area contributed by atoms with Crippen LogP contribution in [0.5, 0.6) is 0 Å². The first-order chi connectivity index (χ1) is 14.2. The van der Waals surface area contributed by atoms with Gasteiger partial charge in [0.1, 0.15) is 0 Å². The third kappa shape index (κ3) is 3.94. The summed E-state index contributed by atoms with van der Waals surface area (Å²) in [6.45, 7) is 0. The smallest absolute Gasteiger partial charge is 0.279 e. The van der Waals surface area contributed by atoms with Crippen molar-refractivity contribution in [2.75, 3.05) is 0 Å². The Morgan fingerprint density at radius 3 is 2.07 bits per heavy atom. The lowest BCUT2D eigenvalue weighted by Gasteiger charge is -2.01. The van der Waals surface area contributed by atoms with E-state index < -0.39 is 0 Å². The monoisotopic (exact) mass is 381 g/mol. The van der Waals surface area contributed by atoms with Gasteiger partial charge in [-0.2, -0.15) is 0 Å². The van der Waals surface area contributed by atoms with Gasteiger partial charge < -0.3 is 5.32 Å². The first-order valence-corrected chi connectivity index (χ1v) is 9.22. The fourth-order valence-electron chi connectivity index (χ4n) is 3.06. The van der Waals surface area contributed by atoms with Crippen LogP contribution in [-0.2, 0) is 0 Å². The van der Waals surface area contributed by atoms with Crippen LogP contribution in [0.4, 0.5) is 0 Å². The lowest BCUT2D eigenvalue weighted by molar-refractivity contribution is 0.0970. The second kappa shape index (κ2) is 8.27. The second-order valence-corrected chi connectivity index (χ2v) is 6.42. The van der Waals surface area contributed by atoms with Gasteiger partial charge in [-0.3, -0.25) is 14.7 Å². The van der Waals surface area contributed by atoms with E-state index in [2.05, 4.69) is 10.4 Å². The number of benzene rings is 3. The highest BCUT2D eigenvalue weighted by molar-refractivity contribution is 5.95. The minimum absolute atomic E-state index is 0.194. The highest BCUT2D eigenvalue weighted by Gasteiger charge is 2.14. The number of hydrogen-bond donors (Lipinski definition) is 2. The molecule has 4 aromatic rings. The van der Waals surface area contributed by atoms with Gasteiger partial charge in [-0.25, -0.2) is 4.68 Å². The van der Waals surface area contributed by atoms with Gasteiger partial charge in [0, 0.05) is 17.3 Å². The fourth-order valence-corrected chi connectivity index (χ4v) is 3.06. The van der Waals surface area contributed by atoms with E-state index in [1.807, 2.05) is 66.7 Å². The lowest BCUT2D eigenvalue weighted by Crippen LogP contribution is -2.18. The van der Waals surface area contributed by atoms with Crippen LogP contribution in [0.2, 0.25) is 0 Å². The summed E-state index contributed by atoms with van der Waals surface area (Å²) in [6, 6.07) is 27.9. The molecule has 0 spiro atoms. The molecule has 142 valence electrons. The summed E-state index contributed by atoms with van der Waals surface area (Å²) >= 11 is 0. The molecule has 2 N–H and O–H groups in total. The fraction of sp³-hybridized carbons (Fsp3) is 0. The number of amides is 1. The van der Waals surface area contributed by atoms with Crippen molar-refractivity contribution < 1.29 is 4.79 Å². The average Bonchev–Trinajstić information content (AvgIpc) is 3.12. The van der Waals surface area contributed by atoms with E-state index in [1.54, 1.807) is 30.3 Å². The Kier molecular flexibility index (Phi) is 5.21. The van der Waals surface area contributed by atoms with Crippen molar-refractivity contribution >= 4 is 12.0 Å². The molecule has 0 radical (unpaired) electrons. The molecule has 0 unspecified atom stereocenters. The molecular weight excluding hydrogens is 362 g/mol. The molecule has 0 bridgehead atoms. The zero-order valence-electron chi connectivity index (χ0n) is 15.6. The molecule has 0 fully saturated rings. The van der Waals surface area contributed by atoms with Crippen molar-refractivity contribution in [1.82, 2.24) is 15.1 Å². The maximum absolute atomic E-state index is 13.1. The molecule has 0 atom stereocenters. The Balaban J connectivity index is 1.71. The van der Waals surface area contributed by atoms with Crippen molar-refractivity contribution in [1.29, 1.82) is 0 Å². The topological polar surface area (TPSA) is 66.9 Å². The zero-order chi connectivity index (χ0) is 20.1. The van der Waals surface area contributed by atoms with Gasteiger partial charge >= 0.3 is 0 Å². The Bertz CT molecular complexity index is 1190. The number of hydrogen-bond acceptors (Lipinski definition) is 2. The Labute approximate surface area is 167 Å². The van der Waals surface area contributed by atoms with Crippen LogP contribution >= 0.6 is 0 Å². The summed E-state index contributed by atoms with van der Waals surface area (Å²) in [5.41, 5.74) is 3.13. The number of aromatic amines is 1. The number of nitrogens with one attached hydrogen (secondary N) is 2. The first-order valence-electron chi connectivity index (χ1n) is 9.22. The van der Waals surface area contributed by atoms with Crippen molar-refractivity contribution in [2.24, 2.45) is 0 Å². The average molecular weight is 381 g/mol. The van der Waals surface area contributed by atoms with Crippen molar-refractivity contribution in [3.8, 4) is 16.9 Å². The number of carbonyl (C=O) groups excluding carboxylic acids is 1. The van der Waals surface area contributed by atoms with Crippen molar-refractivity contribution in [2.45, 2.75) is 0 Å². The molecule has 0 saturated carbocycles. The summed E-state index contributed by atoms with van der Waals surface area (Å²) in [5.74, 6) is -0.234. The molecule has 5 nitrogen and oxygen atoms in total. The Hall–Kier alpha value is -4.12. The van der Waals surface area contributed by atoms with E-state index in [-0.39, 0.29) is 11.5 Å². The van der Waals surface area contributed by atoms with E-state index in [0.717, 1.165) is 11.3 Å². The van der Waals surface area contributed by atoms with E-state index in [0.29, 0.717) is 16.8 Å². The van der Waals surface area contributed by atoms with Crippen LogP contribution in [-0.4, -0.2) is 15.7 Å². The number of aromatic nitrogens is 2. The highest BCUT2D eigenvalue weighted by Crippen LogP contribution is 2.21. The molecular formula is C24H19N3O2. The zero-order valence-corrected chi connectivity index (χ0v) is 15.6. The minimum Gasteiger partial charge on any atom is -0.329 e. The van der Waals surface area contributed by atoms with Crippen LogP contribution in [0.25, 0.3) is 23.0 Å². The third-order valence-electron chi connectivity index (χ3n) is 4.50. The summed E-state index contributed by atoms with van der Waals surface area (Å²) in [4.78, 5) is 25.3. The van der Waals surface area contributed by atoms with Crippen LogP contribution in [0.3, 0.4) is 0 Å². The largest absolute Gasteiger partial charge is 0.329 e. The van der Waals surface area contributed by atoms with Gasteiger partial charge in [-0.1, -0.05) is 66.7 Å². The van der Waals surface area contributed by atoms with Gasteiger partial charge in [0.05, 0.1) is 16.9 Å². The third-order valence-corrected chi connectivity index (χ3v) is 4.50. The normalized spacial score (nSPS) is 10.9. The van der Waals surface area contributed by atoms with Gasteiger partial charge in [0.15, 0.2) is 0 Å². The highest BCUT2D eigenvalue weighted by atomic mass is 16.1. The molecule has 0 aliphatic rings. The molecule has 1 aromatic heterocycles. The Morgan fingerprint density at radius 1 is 0.828 bits per heavy atom. The van der Waals surface area contributed by atoms with E-state index >= 15 is 0 Å². The van der Waals surface area contributed by atoms with Crippen LogP contribution in [0, 0.1) is 0 Å². The van der Waals surface area contributed by atoms with Crippen LogP contribution < -0.4 is 10.9 Å². The quantitative estimate of drug-likeness (QED) is 0.543. The van der Waals surface area contributed by atoms with Crippen LogP contribution in [0.1, 0.15) is 15.9 Å². The molecule has 5 heteroatoms. The number of para-hydroxylation sites is 1. The van der Waals surface area contributed by atoms with Crippen molar-refractivity contribution in [3.05, 3.63) is 119 Å². The molecule has 0 aliphatic heterocycles. The van der Waals surface area contributed by atoms with Crippen LogP contribution in [0.15, 0.2) is 102 Å². The predicted molar refractivity (Wildman–Crippen MR) is 115 cm³/mol. The maximum atomic E-state index is 13.1. The molecule has 3 aromatic carbocycles. The summed E-state index contributed by atoms with van der Waals surface area (Å²) < 4.78 is 1.50. The SMILES string of the molecule is O=C(N/C=C\c1c(-c2ccccc2)[nH]n(-c2ccccc2)c1=O)c1ccccc1. The molecule has 0 aliphatic carbocycles. The molecule has 1 heterocycles. The number of carbonyl (C=O) groups is 1. The van der Waals surface area contributed by atoms with Gasteiger partial charge in [-0.05, 0) is 30.3 Å². The first kappa shape index (κ1) is 18.3. The van der Waals surface area contributed by atoms with E-state index in [1.165, 1.54) is 10.9 Å². The molecule has 29 heavy (non-hydrogen) atoms. The van der Waals surface area contributed by atoms with E-state index in [9.17, 15) is 9.59 Å². The summed E-state index contributed by atoms with van der Waals surface area (Å²) in [6.07, 6.45) is 3.13. The molecule has 0 saturated heterocycles. The summed E-state index contributed by atoms with van der Waals surface area (Å²) in [7, 11) is 0. The predicted octanol–water partition coefficient (Wildman–Crippen LogP) is 4.23. The van der Waals surface area contributed by atoms with Gasteiger partial charge in [0.25, 0.3) is 11.5 Å². The number of rotatable bonds is 5. The number of H-pyrrole nitrogens is 1. The maximum Gasteiger partial charge on any atom is 0.279 e. The van der Waals surface area contributed by atoms with Crippen molar-refractivity contribution in [3.63, 3.8) is 0 Å². The number of nitrogens with zero attached hydrogens (tertiary/aromatic N) is 1. The van der Waals surface area contributed by atoms with Gasteiger partial charge in [0.2, 0.25) is 0 Å². The van der Waals surface area contributed by atoms with Gasteiger partial charge in [-0.15, -0.1) is 0 Å².